The van der Waals surface area contributed by atoms with Gasteiger partial charge >= 0.3 is 0 Å². The molecule has 64 heavy (non-hydrogen) atoms. The highest BCUT2D eigenvalue weighted by atomic mass is 79.9. The van der Waals surface area contributed by atoms with Crippen molar-refractivity contribution >= 4 is 80.5 Å². The van der Waals surface area contributed by atoms with E-state index in [0.29, 0.717) is 62.1 Å². The van der Waals surface area contributed by atoms with Crippen LogP contribution in [0.1, 0.15) is 67.0 Å². The van der Waals surface area contributed by atoms with Crippen LogP contribution >= 0.6 is 50.2 Å². The molecule has 4 heterocycles. The van der Waals surface area contributed by atoms with E-state index in [0.717, 1.165) is 88.5 Å². The zero-order chi connectivity index (χ0) is 46.1. The lowest BCUT2D eigenvalue weighted by Gasteiger charge is -2.34. The van der Waals surface area contributed by atoms with Crippen LogP contribution in [-0.2, 0) is 32.9 Å². The Balaban J connectivity index is 0.000000191. The van der Waals surface area contributed by atoms with Gasteiger partial charge in [0, 0.05) is 85.5 Å². The number of anilines is 2. The molecule has 0 radical (unpaired) electrons. The van der Waals surface area contributed by atoms with Crippen molar-refractivity contribution in [3.05, 3.63) is 148 Å². The molecule has 16 heteroatoms. The maximum Gasteiger partial charge on any atom is 0.243 e. The highest BCUT2D eigenvalue weighted by molar-refractivity contribution is 9.10. The summed E-state index contributed by atoms with van der Waals surface area (Å²) in [4.78, 5) is 14.9. The molecular formula is C48H56BrClN6O4S4. The summed E-state index contributed by atoms with van der Waals surface area (Å²) in [5, 5.41) is 6.82. The number of benzene rings is 4. The number of hydrogen-bond donors (Lipinski definition) is 0. The fourth-order valence-corrected chi connectivity index (χ4v) is 14.7. The molecule has 2 aliphatic rings. The number of aryl methyl sites for hydroxylation is 4. The van der Waals surface area contributed by atoms with E-state index in [1.807, 2.05) is 91.8 Å². The van der Waals surface area contributed by atoms with Gasteiger partial charge in [-0.05, 0) is 135 Å². The van der Waals surface area contributed by atoms with Gasteiger partial charge in [0.05, 0.1) is 21.2 Å². The number of nitrogens with zero attached hydrogens (tertiary/aromatic N) is 6. The number of sulfonamides is 2. The van der Waals surface area contributed by atoms with Gasteiger partial charge in [-0.2, -0.15) is 8.61 Å². The average molecular weight is 1020 g/mol. The summed E-state index contributed by atoms with van der Waals surface area (Å²) in [6.45, 7) is 19.9. The molecule has 6 aromatic rings. The number of aromatic nitrogens is 2. The highest BCUT2D eigenvalue weighted by Gasteiger charge is 2.34. The first-order valence-electron chi connectivity index (χ1n) is 21.4. The van der Waals surface area contributed by atoms with Crippen LogP contribution in [0.25, 0.3) is 0 Å². The lowest BCUT2D eigenvalue weighted by atomic mass is 10.0. The van der Waals surface area contributed by atoms with Crippen molar-refractivity contribution in [2.45, 2.75) is 78.0 Å². The first-order valence-corrected chi connectivity index (χ1v) is 27.2. The predicted octanol–water partition coefficient (Wildman–Crippen LogP) is 10.4. The smallest absolute Gasteiger partial charge is 0.243 e. The molecule has 2 saturated heterocycles. The highest BCUT2D eigenvalue weighted by Crippen LogP contribution is 2.33. The lowest BCUT2D eigenvalue weighted by molar-refractivity contribution is 0.383. The summed E-state index contributed by atoms with van der Waals surface area (Å²) >= 11 is 12.7. The van der Waals surface area contributed by atoms with Gasteiger partial charge in [-0.3, -0.25) is 0 Å². The molecule has 0 amide bonds. The van der Waals surface area contributed by atoms with E-state index in [9.17, 15) is 16.8 Å². The minimum Gasteiger partial charge on any atom is -0.345 e. The number of halogens is 2. The Morgan fingerprint density at radius 1 is 0.547 bits per heavy atom. The van der Waals surface area contributed by atoms with Crippen molar-refractivity contribution in [1.29, 1.82) is 0 Å². The molecule has 2 fully saturated rings. The van der Waals surface area contributed by atoms with E-state index >= 15 is 0 Å². The van der Waals surface area contributed by atoms with Crippen LogP contribution in [-0.4, -0.2) is 87.8 Å². The Hall–Kier alpha value is -3.67. The maximum atomic E-state index is 13.5. The number of hydrogen-bond acceptors (Lipinski definition) is 10. The third-order valence-electron chi connectivity index (χ3n) is 12.5. The molecule has 2 aliphatic heterocycles. The first kappa shape index (κ1) is 48.3. The number of rotatable bonds is 10. The molecule has 340 valence electrons. The zero-order valence-electron chi connectivity index (χ0n) is 37.7. The largest absolute Gasteiger partial charge is 0.345 e. The minimum atomic E-state index is -3.53. The quantitative estimate of drug-likeness (QED) is 0.134. The third kappa shape index (κ3) is 10.6. The fraction of sp³-hybridized carbons (Fsp3) is 0.375. The van der Waals surface area contributed by atoms with E-state index in [1.54, 1.807) is 31.3 Å². The van der Waals surface area contributed by atoms with Gasteiger partial charge in [0.1, 0.15) is 0 Å². The Morgan fingerprint density at radius 3 is 1.33 bits per heavy atom. The molecule has 0 spiro atoms. The molecule has 0 atom stereocenters. The normalized spacial score (nSPS) is 15.3. The topological polar surface area (TPSA) is 107 Å². The van der Waals surface area contributed by atoms with Crippen molar-refractivity contribution in [1.82, 2.24) is 18.6 Å². The second-order valence-corrected chi connectivity index (χ2v) is 23.6. The van der Waals surface area contributed by atoms with Crippen molar-refractivity contribution in [3.8, 4) is 0 Å². The Bertz CT molecular complexity index is 2820. The van der Waals surface area contributed by atoms with Crippen molar-refractivity contribution in [2.24, 2.45) is 0 Å². The SMILES string of the molecule is Cc1cc(C)c(C)c(S(=O)(=O)N2CCN(c3nc(Cc4ccc(Cl)cc4)cs3)CC2)c1C.Cc1cc(C)c(C)c(S(=O)(=O)N2CCN(c3nc(Cc4cccc(Br)c4)cs3)CC2)c1C. The van der Waals surface area contributed by atoms with Crippen LogP contribution in [0.2, 0.25) is 5.02 Å². The molecule has 0 unspecified atom stereocenters. The molecular weight excluding hydrogens is 968 g/mol. The zero-order valence-corrected chi connectivity index (χ0v) is 43.3. The summed E-state index contributed by atoms with van der Waals surface area (Å²) in [6, 6.07) is 20.2. The van der Waals surface area contributed by atoms with Gasteiger partial charge in [0.15, 0.2) is 10.3 Å². The molecule has 2 aromatic heterocycles. The van der Waals surface area contributed by atoms with Crippen LogP contribution < -0.4 is 9.80 Å². The van der Waals surface area contributed by atoms with E-state index in [4.69, 9.17) is 21.6 Å². The summed E-state index contributed by atoms with van der Waals surface area (Å²) in [7, 11) is -7.06. The van der Waals surface area contributed by atoms with Crippen molar-refractivity contribution < 1.29 is 16.8 Å². The van der Waals surface area contributed by atoms with E-state index in [-0.39, 0.29) is 0 Å². The van der Waals surface area contributed by atoms with Gasteiger partial charge in [0.2, 0.25) is 20.0 Å². The van der Waals surface area contributed by atoms with Gasteiger partial charge in [0.25, 0.3) is 0 Å². The molecule has 0 bridgehead atoms. The van der Waals surface area contributed by atoms with E-state index < -0.39 is 20.0 Å². The molecule has 0 saturated carbocycles. The summed E-state index contributed by atoms with van der Waals surface area (Å²) in [5.74, 6) is 0. The molecule has 10 nitrogen and oxygen atoms in total. The van der Waals surface area contributed by atoms with E-state index in [2.05, 4.69) is 60.8 Å². The molecule has 8 rings (SSSR count). The van der Waals surface area contributed by atoms with Crippen LogP contribution in [0.5, 0.6) is 0 Å². The summed E-state index contributed by atoms with van der Waals surface area (Å²) < 4.78 is 58.3. The standard InChI is InChI=1S/C24H28BrN3O2S2.C24H28ClN3O2S2/c1-16-12-17(2)19(4)23(18(16)3)32(29,30)28-10-8-27(9-11-28)24-26-22(15-31-24)14-20-6-5-7-21(25)13-20;1-16-13-17(2)19(4)23(18(16)3)32(29,30)28-11-9-27(10-12-28)24-26-22(15-31-24)14-20-5-7-21(25)8-6-20/h5-7,12-13,15H,8-11,14H2,1-4H3;5-8,13,15H,9-12,14H2,1-4H3. The molecule has 0 aliphatic carbocycles. The van der Waals surface area contributed by atoms with Gasteiger partial charge in [-0.15, -0.1) is 22.7 Å². The second kappa shape index (κ2) is 20.1. The Morgan fingerprint density at radius 2 is 0.938 bits per heavy atom. The average Bonchev–Trinajstić information content (AvgIpc) is 3.94. The first-order chi connectivity index (χ1) is 30.3. The van der Waals surface area contributed by atoms with Crippen molar-refractivity contribution in [2.75, 3.05) is 62.2 Å². The third-order valence-corrected chi connectivity index (χ3v) is 19.5. The maximum absolute atomic E-state index is 13.5. The number of thiazole rings is 2. The van der Waals surface area contributed by atoms with Crippen LogP contribution in [0, 0.1) is 55.4 Å². The lowest BCUT2D eigenvalue weighted by Crippen LogP contribution is -2.49. The van der Waals surface area contributed by atoms with Crippen LogP contribution in [0.4, 0.5) is 10.3 Å². The monoisotopic (exact) mass is 1020 g/mol. The minimum absolute atomic E-state index is 0.459. The van der Waals surface area contributed by atoms with Gasteiger partial charge in [-0.25, -0.2) is 26.8 Å². The molecule has 4 aromatic carbocycles. The van der Waals surface area contributed by atoms with Gasteiger partial charge in [-0.1, -0.05) is 63.9 Å². The van der Waals surface area contributed by atoms with Crippen molar-refractivity contribution in [3.63, 3.8) is 0 Å². The van der Waals surface area contributed by atoms with Crippen LogP contribution in [0.15, 0.2) is 85.7 Å². The summed E-state index contributed by atoms with van der Waals surface area (Å²) in [6.07, 6.45) is 1.54. The fourth-order valence-electron chi connectivity index (χ4n) is 8.35. The predicted molar refractivity (Wildman–Crippen MR) is 268 cm³/mol. The Labute approximate surface area is 401 Å². The second-order valence-electron chi connectivity index (χ2n) is 16.8. The Kier molecular flexibility index (Phi) is 15.1. The molecule has 0 N–H and O–H groups in total. The van der Waals surface area contributed by atoms with E-state index in [1.165, 1.54) is 11.1 Å². The van der Waals surface area contributed by atoms with Crippen LogP contribution in [0.3, 0.4) is 0 Å². The number of piperazine rings is 2. The van der Waals surface area contributed by atoms with Gasteiger partial charge < -0.3 is 9.80 Å². The summed E-state index contributed by atoms with van der Waals surface area (Å²) in [5.41, 5.74) is 11.9.